The molecule has 3 aromatic rings. The van der Waals surface area contributed by atoms with Crippen molar-refractivity contribution >= 4 is 27.3 Å². The number of amides is 1. The van der Waals surface area contributed by atoms with Crippen LogP contribution in [0.1, 0.15) is 36.2 Å². The summed E-state index contributed by atoms with van der Waals surface area (Å²) < 4.78 is 69.2. The number of carbonyl (C=O) groups excluding carboxylic acids is 1. The largest absolute Gasteiger partial charge is 0.457 e. The monoisotopic (exact) mass is 525 g/mol. The van der Waals surface area contributed by atoms with Crippen LogP contribution in [0.4, 0.5) is 13.2 Å². The minimum atomic E-state index is -4.65. The Kier molecular flexibility index (Phi) is 7.81. The number of halogens is 4. The van der Waals surface area contributed by atoms with Crippen molar-refractivity contribution in [3.8, 4) is 11.5 Å². The van der Waals surface area contributed by atoms with Crippen LogP contribution in [0.5, 0.6) is 11.5 Å². The molecule has 1 N–H and O–H groups in total. The number of carbonyl (C=O) groups is 1. The molecule has 186 valence electrons. The number of rotatable bonds is 8. The maximum atomic E-state index is 13.0. The molecule has 0 bridgehead atoms. The zero-order valence-corrected chi connectivity index (χ0v) is 20.5. The summed E-state index contributed by atoms with van der Waals surface area (Å²) >= 11 is 5.84. The summed E-state index contributed by atoms with van der Waals surface area (Å²) in [4.78, 5) is 12.1. The first kappa shape index (κ1) is 26.6. The lowest BCUT2D eigenvalue weighted by atomic mass is 10.1. The molecule has 0 aliphatic heterocycles. The first-order valence-corrected chi connectivity index (χ1v) is 12.4. The molecular weight excluding hydrogens is 503 g/mol. The summed E-state index contributed by atoms with van der Waals surface area (Å²) in [5.41, 5.74) is -0.696. The molecule has 0 aromatic heterocycles. The summed E-state index contributed by atoms with van der Waals surface area (Å²) in [5.74, 6) is 0.670. The van der Waals surface area contributed by atoms with E-state index in [0.29, 0.717) is 28.2 Å². The summed E-state index contributed by atoms with van der Waals surface area (Å²) in [7, 11) is -4.10. The van der Waals surface area contributed by atoms with Crippen molar-refractivity contribution < 1.29 is 31.1 Å². The van der Waals surface area contributed by atoms with Crippen molar-refractivity contribution in [1.29, 1.82) is 0 Å². The van der Waals surface area contributed by atoms with Crippen molar-refractivity contribution in [2.75, 3.05) is 6.54 Å². The van der Waals surface area contributed by atoms with E-state index in [9.17, 15) is 26.4 Å². The molecule has 35 heavy (non-hydrogen) atoms. The highest BCUT2D eigenvalue weighted by Crippen LogP contribution is 2.34. The van der Waals surface area contributed by atoms with Gasteiger partial charge in [0.05, 0.1) is 15.2 Å². The average molecular weight is 526 g/mol. The molecule has 0 aliphatic rings. The quantitative estimate of drug-likeness (QED) is 0.363. The number of alkyl halides is 3. The Hall–Kier alpha value is -3.04. The molecule has 0 aliphatic carbocycles. The van der Waals surface area contributed by atoms with Gasteiger partial charge in [0.2, 0.25) is 0 Å². The lowest BCUT2D eigenvalue weighted by molar-refractivity contribution is -0.137. The van der Waals surface area contributed by atoms with E-state index in [1.807, 2.05) is 0 Å². The van der Waals surface area contributed by atoms with Gasteiger partial charge in [-0.25, -0.2) is 8.42 Å². The van der Waals surface area contributed by atoms with E-state index >= 15 is 0 Å². The predicted octanol–water partition coefficient (Wildman–Crippen LogP) is 6.52. The second-order valence-corrected chi connectivity index (χ2v) is 11.4. The maximum Gasteiger partial charge on any atom is 0.416 e. The van der Waals surface area contributed by atoms with Gasteiger partial charge in [-0.15, -0.1) is 0 Å². The van der Waals surface area contributed by atoms with Gasteiger partial charge in [-0.1, -0.05) is 17.7 Å². The molecule has 3 rings (SSSR count). The highest BCUT2D eigenvalue weighted by Gasteiger charge is 2.37. The van der Waals surface area contributed by atoms with Gasteiger partial charge in [-0.2, -0.15) is 13.2 Å². The Labute approximate surface area is 206 Å². The van der Waals surface area contributed by atoms with Gasteiger partial charge >= 0.3 is 6.18 Å². The Morgan fingerprint density at radius 1 is 0.943 bits per heavy atom. The molecule has 0 radical (unpaired) electrons. The van der Waals surface area contributed by atoms with Crippen LogP contribution in [0, 0.1) is 0 Å². The molecule has 10 heteroatoms. The highest BCUT2D eigenvalue weighted by molar-refractivity contribution is 7.92. The van der Waals surface area contributed by atoms with Crippen molar-refractivity contribution in [3.63, 3.8) is 0 Å². The first-order chi connectivity index (χ1) is 16.3. The van der Waals surface area contributed by atoms with Gasteiger partial charge in [0, 0.05) is 17.1 Å². The number of hydrogen-bond donors (Lipinski definition) is 1. The molecule has 1 amide bonds. The highest BCUT2D eigenvalue weighted by atomic mass is 35.5. The Morgan fingerprint density at radius 2 is 1.51 bits per heavy atom. The standard InChI is InChI=1S/C25H23ClF3NO4S/c1-24(2,35(32,33)22-5-3-4-18(16-22)25(27,28)29)14-15-30-23(31)17-6-10-20(11-7-17)34-21-12-8-19(26)9-13-21/h3-13,16H,14-15H2,1-2H3,(H,30,31). The van der Waals surface area contributed by atoms with Crippen LogP contribution in [0.15, 0.2) is 77.7 Å². The summed E-state index contributed by atoms with van der Waals surface area (Å²) in [6.45, 7) is 2.84. The second-order valence-electron chi connectivity index (χ2n) is 8.37. The minimum absolute atomic E-state index is 0.00488. The molecule has 0 saturated carbocycles. The maximum absolute atomic E-state index is 13.0. The van der Waals surface area contributed by atoms with Crippen molar-refractivity contribution in [2.45, 2.75) is 36.1 Å². The third-order valence-corrected chi connectivity index (χ3v) is 8.16. The topological polar surface area (TPSA) is 72.5 Å². The smallest absolute Gasteiger partial charge is 0.416 e. The molecule has 5 nitrogen and oxygen atoms in total. The SMILES string of the molecule is CC(C)(CCNC(=O)c1ccc(Oc2ccc(Cl)cc2)cc1)S(=O)(=O)c1cccc(C(F)(F)F)c1. The molecule has 0 saturated heterocycles. The van der Waals surface area contributed by atoms with Crippen LogP contribution in [-0.4, -0.2) is 25.6 Å². The van der Waals surface area contributed by atoms with E-state index in [1.54, 1.807) is 48.5 Å². The van der Waals surface area contributed by atoms with Gasteiger partial charge in [0.15, 0.2) is 9.84 Å². The van der Waals surface area contributed by atoms with Gasteiger partial charge in [-0.3, -0.25) is 4.79 Å². The van der Waals surface area contributed by atoms with Gasteiger partial charge in [0.25, 0.3) is 5.91 Å². The van der Waals surface area contributed by atoms with E-state index in [4.69, 9.17) is 16.3 Å². The third kappa shape index (κ3) is 6.55. The van der Waals surface area contributed by atoms with Gasteiger partial charge < -0.3 is 10.1 Å². The van der Waals surface area contributed by atoms with Crippen LogP contribution in [0.25, 0.3) is 0 Å². The van der Waals surface area contributed by atoms with Gasteiger partial charge in [-0.05, 0) is 87.0 Å². The minimum Gasteiger partial charge on any atom is -0.457 e. The molecule has 0 unspecified atom stereocenters. The van der Waals surface area contributed by atoms with Crippen LogP contribution >= 0.6 is 11.6 Å². The fourth-order valence-corrected chi connectivity index (χ4v) is 4.86. The Balaban J connectivity index is 1.60. The van der Waals surface area contributed by atoms with E-state index < -0.39 is 37.1 Å². The first-order valence-electron chi connectivity index (χ1n) is 10.5. The molecule has 0 atom stereocenters. The van der Waals surface area contributed by atoms with E-state index in [0.717, 1.165) is 18.2 Å². The fourth-order valence-electron chi connectivity index (χ4n) is 3.19. The zero-order valence-electron chi connectivity index (χ0n) is 18.9. The summed E-state index contributed by atoms with van der Waals surface area (Å²) in [5, 5.41) is 3.23. The molecular formula is C25H23ClF3NO4S. The normalized spacial score (nSPS) is 12.3. The average Bonchev–Trinajstić information content (AvgIpc) is 2.80. The Morgan fingerprint density at radius 3 is 2.09 bits per heavy atom. The summed E-state index contributed by atoms with van der Waals surface area (Å²) in [6.07, 6.45) is -4.66. The number of benzene rings is 3. The van der Waals surface area contributed by atoms with Crippen molar-refractivity contribution in [3.05, 3.63) is 88.9 Å². The number of nitrogens with one attached hydrogen (secondary N) is 1. The second kappa shape index (κ2) is 10.3. The van der Waals surface area contributed by atoms with E-state index in [1.165, 1.54) is 13.8 Å². The third-order valence-electron chi connectivity index (χ3n) is 5.38. The summed E-state index contributed by atoms with van der Waals surface area (Å²) in [6, 6.07) is 16.8. The lowest BCUT2D eigenvalue weighted by Crippen LogP contribution is -2.37. The predicted molar refractivity (Wildman–Crippen MR) is 128 cm³/mol. The van der Waals surface area contributed by atoms with Gasteiger partial charge in [0.1, 0.15) is 11.5 Å². The van der Waals surface area contributed by atoms with Crippen LogP contribution in [-0.2, 0) is 16.0 Å². The van der Waals surface area contributed by atoms with Crippen molar-refractivity contribution in [2.24, 2.45) is 0 Å². The lowest BCUT2D eigenvalue weighted by Gasteiger charge is -2.25. The number of hydrogen-bond acceptors (Lipinski definition) is 4. The molecule has 0 heterocycles. The Bertz CT molecular complexity index is 1290. The van der Waals surface area contributed by atoms with Crippen molar-refractivity contribution in [1.82, 2.24) is 5.32 Å². The molecule has 3 aromatic carbocycles. The molecule has 0 fully saturated rings. The number of sulfone groups is 1. The van der Waals surface area contributed by atoms with E-state index in [-0.39, 0.29) is 13.0 Å². The van der Waals surface area contributed by atoms with E-state index in [2.05, 4.69) is 5.32 Å². The van der Waals surface area contributed by atoms with Crippen LogP contribution in [0.3, 0.4) is 0 Å². The van der Waals surface area contributed by atoms with Crippen LogP contribution in [0.2, 0.25) is 5.02 Å². The number of ether oxygens (including phenoxy) is 1. The fraction of sp³-hybridized carbons (Fsp3) is 0.240. The van der Waals surface area contributed by atoms with Crippen LogP contribution < -0.4 is 10.1 Å². The molecule has 0 spiro atoms. The zero-order chi connectivity index (χ0) is 25.9.